The van der Waals surface area contributed by atoms with E-state index in [4.69, 9.17) is 24.8 Å². The topological polar surface area (TPSA) is 143 Å². The standard InChI is InChI=1S/C55H75N4O6.Mg/c1-13-39-35(8)43-30-47-40(14-2)37(10)46(59(47)63)29-44-36(9)41(52(57-44)50-51(55(62)64-12)54(61)49-38(11)42(58-53(49)50)28-45(39)56-43)24-25-48(60)65-27-26-34(7)23-17-22-33(6)21-16-20-32(5)19-15-18-31(3)4;/h14,26,28-33,36,41,51-52,59,61H,2,13,15-25,27H2,1,3-12H3;/q-3;+2/b34-26+,43-30-,44-29-,45-28-;/t32-,33+,36+,41+,51-,52?;/m1./s1. The number of hydroxylamine groups is 2. The third-order valence-corrected chi connectivity index (χ3v) is 14.8. The molecule has 0 saturated carbocycles. The van der Waals surface area contributed by atoms with E-state index >= 15 is 0 Å². The fourth-order valence-corrected chi connectivity index (χ4v) is 10.6. The van der Waals surface area contributed by atoms with Crippen LogP contribution in [0.15, 0.2) is 58.6 Å². The van der Waals surface area contributed by atoms with Crippen molar-refractivity contribution in [1.82, 2.24) is 9.97 Å². The first-order valence-corrected chi connectivity index (χ1v) is 24.4. The van der Waals surface area contributed by atoms with E-state index in [0.29, 0.717) is 63.0 Å². The van der Waals surface area contributed by atoms with Crippen LogP contribution in [0.25, 0.3) is 28.8 Å². The Bertz CT molecular complexity index is 2520. The minimum atomic E-state index is -1.12. The first-order valence-electron chi connectivity index (χ1n) is 24.4. The molecule has 7 atom stereocenters. The maximum Gasteiger partial charge on any atom is 2.00 e. The minimum Gasteiger partial charge on any atom is -0.681 e. The van der Waals surface area contributed by atoms with Crippen molar-refractivity contribution in [3.8, 4) is 0 Å². The molecule has 0 aromatic carbocycles. The van der Waals surface area contributed by atoms with Crippen LogP contribution in [-0.4, -0.2) is 59.9 Å². The molecule has 8 bridgehead atoms. The Hall–Kier alpha value is -4.03. The van der Waals surface area contributed by atoms with Gasteiger partial charge >= 0.3 is 35.0 Å². The molecule has 11 heteroatoms. The Morgan fingerprint density at radius 2 is 1.59 bits per heavy atom. The number of carbonyl (C=O) groups excluding carboxylic acids is 2. The van der Waals surface area contributed by atoms with Crippen LogP contribution in [0.4, 0.5) is 0 Å². The Morgan fingerprint density at radius 3 is 2.23 bits per heavy atom. The van der Waals surface area contributed by atoms with E-state index in [9.17, 15) is 19.9 Å². The molecule has 2 aromatic rings. The number of nitrogens with zero attached hydrogens (tertiary/aromatic N) is 3. The molecule has 0 spiro atoms. The monoisotopic (exact) mass is 912 g/mol. The van der Waals surface area contributed by atoms with Crippen molar-refractivity contribution in [2.45, 2.75) is 152 Å². The summed E-state index contributed by atoms with van der Waals surface area (Å²) in [6, 6.07) is -0.651. The van der Waals surface area contributed by atoms with E-state index in [1.165, 1.54) is 57.6 Å². The van der Waals surface area contributed by atoms with Crippen LogP contribution in [0.2, 0.25) is 0 Å². The zero-order valence-electron chi connectivity index (χ0n) is 41.9. The summed E-state index contributed by atoms with van der Waals surface area (Å²) in [7, 11) is 1.31. The number of hydrogen-bond acceptors (Lipinski definition) is 6. The number of esters is 2. The van der Waals surface area contributed by atoms with Gasteiger partial charge in [-0.15, -0.1) is 21.7 Å². The van der Waals surface area contributed by atoms with Crippen LogP contribution in [0.3, 0.4) is 0 Å². The summed E-state index contributed by atoms with van der Waals surface area (Å²) in [5.41, 5.74) is 8.39. The summed E-state index contributed by atoms with van der Waals surface area (Å²) >= 11 is 0. The predicted molar refractivity (Wildman–Crippen MR) is 266 cm³/mol. The molecular weight excluding hydrogens is 837 g/mol. The summed E-state index contributed by atoms with van der Waals surface area (Å²) in [5, 5.41) is 33.9. The van der Waals surface area contributed by atoms with Crippen molar-refractivity contribution in [1.29, 1.82) is 0 Å². The normalized spacial score (nSPS) is 24.0. The molecule has 3 aliphatic heterocycles. The third-order valence-electron chi connectivity index (χ3n) is 14.8. The zero-order chi connectivity index (χ0) is 47.3. The van der Waals surface area contributed by atoms with Gasteiger partial charge in [0, 0.05) is 22.8 Å². The van der Waals surface area contributed by atoms with Gasteiger partial charge in [-0.05, 0) is 101 Å². The first kappa shape index (κ1) is 52.9. The van der Waals surface area contributed by atoms with Crippen LogP contribution in [-0.2, 0) is 25.5 Å². The Kier molecular flexibility index (Phi) is 18.7. The molecule has 2 N–H and O–H groups in total. The number of quaternary nitrogens is 1. The first-order chi connectivity index (χ1) is 31.0. The summed E-state index contributed by atoms with van der Waals surface area (Å²) < 4.78 is 11.1. The van der Waals surface area contributed by atoms with Gasteiger partial charge in [0.2, 0.25) is 0 Å². The molecule has 2 unspecified atom stereocenters. The van der Waals surface area contributed by atoms with Gasteiger partial charge in [0.15, 0.2) is 0 Å². The van der Waals surface area contributed by atoms with Gasteiger partial charge in [0.1, 0.15) is 29.7 Å². The maximum absolute atomic E-state index is 14.4. The maximum atomic E-state index is 14.4. The van der Waals surface area contributed by atoms with E-state index in [0.717, 1.165) is 57.9 Å². The zero-order valence-corrected chi connectivity index (χ0v) is 43.3. The number of methoxy groups -OCH3 is 1. The fraction of sp³-hybridized carbons (Fsp3) is 0.564. The summed E-state index contributed by atoms with van der Waals surface area (Å²) in [6.07, 6.45) is 21.9. The van der Waals surface area contributed by atoms with E-state index in [-0.39, 0.29) is 64.7 Å². The number of ether oxygens (including phenoxy) is 2. The van der Waals surface area contributed by atoms with Crippen molar-refractivity contribution < 1.29 is 29.2 Å². The van der Waals surface area contributed by atoms with Crippen LogP contribution >= 0.6 is 0 Å². The number of allylic oxidation sites excluding steroid dienone is 7. The molecule has 4 aliphatic rings. The number of aliphatic hydroxyl groups excluding tert-OH is 1. The average Bonchev–Trinajstić information content (AvgIpc) is 3.99. The quantitative estimate of drug-likeness (QED) is 0.0608. The number of fused-ring (bicyclic) bond motifs is 8. The SMILES string of the molecule is C=CC1=C2/C=c3\[n-]/c(c(CC)c3C)=C\c3[n-]c4c(c3C)=C(O)[C@H](C(=O)OC)C=4C3[N-]/C(=C\C(=C1C)[NH+]2[O-])[C@@H](C)[C@@H]3CCC(=O)OC/C=C(\C)CCC[C@@H](C)CCC[C@H](C)CCCC(C)C.[Mg+2]. The number of rotatable bonds is 20. The van der Waals surface area contributed by atoms with E-state index in [1.807, 2.05) is 52.0 Å². The van der Waals surface area contributed by atoms with Crippen molar-refractivity contribution >= 4 is 58.5 Å². The number of aromatic nitrogens is 2. The molecule has 5 heterocycles. The van der Waals surface area contributed by atoms with Crippen LogP contribution < -0.4 is 36.3 Å². The number of carbonyl (C=O) groups is 2. The number of aliphatic hydroxyl groups is 1. The molecule has 1 fully saturated rings. The second kappa shape index (κ2) is 23.3. The predicted octanol–water partition coefficient (Wildman–Crippen LogP) is 7.35. The Balaban J connectivity index is 0.00000817. The fourth-order valence-electron chi connectivity index (χ4n) is 10.6. The number of hydrogen-bond donors (Lipinski definition) is 2. The molecule has 1 saturated heterocycles. The van der Waals surface area contributed by atoms with Crippen LogP contribution in [0.1, 0.15) is 148 Å². The van der Waals surface area contributed by atoms with Gasteiger partial charge in [-0.1, -0.05) is 139 Å². The number of nitrogens with one attached hydrogen (secondary N) is 1. The summed E-state index contributed by atoms with van der Waals surface area (Å²) in [5.74, 6) is -0.374. The Labute approximate surface area is 410 Å². The van der Waals surface area contributed by atoms with E-state index in [1.54, 1.807) is 6.08 Å². The van der Waals surface area contributed by atoms with Gasteiger partial charge in [-0.25, -0.2) is 0 Å². The second-order valence-electron chi connectivity index (χ2n) is 19.9. The van der Waals surface area contributed by atoms with Crippen molar-refractivity contribution in [2.24, 2.45) is 35.5 Å². The van der Waals surface area contributed by atoms with E-state index < -0.39 is 17.9 Å². The molecule has 6 rings (SSSR count). The molecule has 354 valence electrons. The van der Waals surface area contributed by atoms with Crippen molar-refractivity contribution in [3.05, 3.63) is 113 Å². The molecule has 10 nitrogen and oxygen atoms in total. The van der Waals surface area contributed by atoms with Gasteiger partial charge < -0.3 is 40.1 Å². The van der Waals surface area contributed by atoms with Gasteiger partial charge in [-0.3, -0.25) is 9.59 Å². The van der Waals surface area contributed by atoms with Crippen molar-refractivity contribution in [3.63, 3.8) is 0 Å². The molecule has 2 aromatic heterocycles. The average molecular weight is 913 g/mol. The van der Waals surface area contributed by atoms with Crippen molar-refractivity contribution in [2.75, 3.05) is 13.7 Å². The van der Waals surface area contributed by atoms with Crippen LogP contribution in [0, 0.1) is 54.6 Å². The van der Waals surface area contributed by atoms with Crippen LogP contribution in [0.5, 0.6) is 0 Å². The molecule has 66 heavy (non-hydrogen) atoms. The molecule has 0 amide bonds. The minimum absolute atomic E-state index is 0. The van der Waals surface area contributed by atoms with Gasteiger partial charge in [-0.2, -0.15) is 5.70 Å². The van der Waals surface area contributed by atoms with Gasteiger partial charge in [0.25, 0.3) is 0 Å². The Morgan fingerprint density at radius 1 is 0.924 bits per heavy atom. The summed E-state index contributed by atoms with van der Waals surface area (Å²) in [4.78, 5) is 37.3. The largest absolute Gasteiger partial charge is 2.00 e. The van der Waals surface area contributed by atoms with Gasteiger partial charge in [0.05, 0.1) is 7.11 Å². The smallest absolute Gasteiger partial charge is 0.681 e. The molecular formula is C55H75MgN4O6-. The second-order valence-corrected chi connectivity index (χ2v) is 19.9. The third kappa shape index (κ3) is 11.4. The summed E-state index contributed by atoms with van der Waals surface area (Å²) in [6.45, 7) is 25.7. The molecule has 1 aliphatic carbocycles. The molecule has 0 radical (unpaired) electrons. The van der Waals surface area contributed by atoms with E-state index in [2.05, 4.69) is 48.1 Å².